The second-order valence-electron chi connectivity index (χ2n) is 5.87. The zero-order valence-corrected chi connectivity index (χ0v) is 11.7. The van der Waals surface area contributed by atoms with Crippen LogP contribution in [0, 0.1) is 0 Å². The van der Waals surface area contributed by atoms with Gasteiger partial charge in [-0.15, -0.1) is 0 Å². The molecule has 2 unspecified atom stereocenters. The van der Waals surface area contributed by atoms with Crippen molar-refractivity contribution in [1.29, 1.82) is 0 Å². The van der Waals surface area contributed by atoms with Crippen molar-refractivity contribution in [2.45, 2.75) is 75.7 Å². The molecule has 0 spiro atoms. The molecule has 2 atom stereocenters. The third-order valence-corrected chi connectivity index (χ3v) is 4.24. The third kappa shape index (κ3) is 3.93. The molecule has 0 bridgehead atoms. The van der Waals surface area contributed by atoms with E-state index in [1.54, 1.807) is 0 Å². The van der Waals surface area contributed by atoms with Crippen molar-refractivity contribution in [3.63, 3.8) is 0 Å². The van der Waals surface area contributed by atoms with Gasteiger partial charge in [0.05, 0.1) is 0 Å². The predicted octanol–water partition coefficient (Wildman–Crippen LogP) is -0.174. The Balaban J connectivity index is 1.78. The van der Waals surface area contributed by atoms with Crippen LogP contribution in [0.5, 0.6) is 0 Å². The third-order valence-electron chi connectivity index (χ3n) is 4.24. The number of hydrogen-bond donors (Lipinski definition) is 4. The average molecular weight is 284 g/mol. The average Bonchev–Trinajstić information content (AvgIpc) is 3.10. The Kier molecular flexibility index (Phi) is 5.37. The number of hydrogen-bond acceptors (Lipinski definition) is 4. The van der Waals surface area contributed by atoms with Crippen molar-refractivity contribution in [1.82, 2.24) is 10.6 Å². The van der Waals surface area contributed by atoms with Crippen LogP contribution in [0.1, 0.15) is 51.4 Å². The Morgan fingerprint density at radius 2 is 1.05 bits per heavy atom. The first kappa shape index (κ1) is 15.3. The molecule has 0 aliphatic heterocycles. The molecule has 0 heterocycles. The fourth-order valence-electron chi connectivity index (χ4n) is 3.00. The molecule has 2 saturated carbocycles. The SMILES string of the molecule is O=C(NC1CCCC1)C(O)C(O)C(=O)NC1CCCC1. The fourth-order valence-corrected chi connectivity index (χ4v) is 3.00. The van der Waals surface area contributed by atoms with Crippen LogP contribution in [0.2, 0.25) is 0 Å². The summed E-state index contributed by atoms with van der Waals surface area (Å²) >= 11 is 0. The molecular weight excluding hydrogens is 260 g/mol. The van der Waals surface area contributed by atoms with Crippen LogP contribution < -0.4 is 10.6 Å². The Morgan fingerprint density at radius 3 is 1.35 bits per heavy atom. The van der Waals surface area contributed by atoms with Gasteiger partial charge >= 0.3 is 0 Å². The van der Waals surface area contributed by atoms with Gasteiger partial charge in [-0.05, 0) is 25.7 Å². The van der Waals surface area contributed by atoms with Crippen LogP contribution in [0.3, 0.4) is 0 Å². The van der Waals surface area contributed by atoms with E-state index in [-0.39, 0.29) is 12.1 Å². The van der Waals surface area contributed by atoms with Gasteiger partial charge in [-0.2, -0.15) is 0 Å². The second-order valence-corrected chi connectivity index (χ2v) is 5.87. The zero-order chi connectivity index (χ0) is 14.5. The van der Waals surface area contributed by atoms with Gasteiger partial charge in [-0.25, -0.2) is 0 Å². The van der Waals surface area contributed by atoms with Crippen molar-refractivity contribution < 1.29 is 19.8 Å². The van der Waals surface area contributed by atoms with Gasteiger partial charge in [0.1, 0.15) is 0 Å². The molecule has 6 heteroatoms. The molecule has 6 nitrogen and oxygen atoms in total. The normalized spacial score (nSPS) is 23.5. The quantitative estimate of drug-likeness (QED) is 0.563. The van der Waals surface area contributed by atoms with Gasteiger partial charge in [-0.3, -0.25) is 9.59 Å². The van der Waals surface area contributed by atoms with Gasteiger partial charge in [0.25, 0.3) is 11.8 Å². The Hall–Kier alpha value is -1.14. The Bertz CT molecular complexity index is 315. The second kappa shape index (κ2) is 7.04. The molecule has 4 N–H and O–H groups in total. The summed E-state index contributed by atoms with van der Waals surface area (Å²) in [4.78, 5) is 23.6. The molecule has 0 aromatic heterocycles. The van der Waals surface area contributed by atoms with Crippen LogP contribution in [0.4, 0.5) is 0 Å². The lowest BCUT2D eigenvalue weighted by Gasteiger charge is -2.21. The van der Waals surface area contributed by atoms with Crippen LogP contribution in [-0.2, 0) is 9.59 Å². The maximum absolute atomic E-state index is 11.8. The first-order chi connectivity index (χ1) is 9.58. The summed E-state index contributed by atoms with van der Waals surface area (Å²) in [5.41, 5.74) is 0. The van der Waals surface area contributed by atoms with E-state index in [1.165, 1.54) is 0 Å². The molecule has 0 aromatic rings. The molecular formula is C14H24N2O4. The largest absolute Gasteiger partial charge is 0.380 e. The highest BCUT2D eigenvalue weighted by Gasteiger charge is 2.33. The fraction of sp³-hybridized carbons (Fsp3) is 0.857. The molecule has 2 aliphatic carbocycles. The highest BCUT2D eigenvalue weighted by atomic mass is 16.3. The van der Waals surface area contributed by atoms with Crippen molar-refractivity contribution in [3.05, 3.63) is 0 Å². The van der Waals surface area contributed by atoms with E-state index < -0.39 is 24.0 Å². The summed E-state index contributed by atoms with van der Waals surface area (Å²) in [6, 6.07) is 0.115. The monoisotopic (exact) mass is 284 g/mol. The molecule has 0 radical (unpaired) electrons. The summed E-state index contributed by atoms with van der Waals surface area (Å²) in [7, 11) is 0. The molecule has 0 saturated heterocycles. The van der Waals surface area contributed by atoms with Crippen molar-refractivity contribution in [2.75, 3.05) is 0 Å². The summed E-state index contributed by atoms with van der Waals surface area (Å²) in [6.45, 7) is 0. The molecule has 114 valence electrons. The van der Waals surface area contributed by atoms with E-state index in [9.17, 15) is 19.8 Å². The van der Waals surface area contributed by atoms with E-state index >= 15 is 0 Å². The summed E-state index contributed by atoms with van der Waals surface area (Å²) in [5.74, 6) is -1.32. The summed E-state index contributed by atoms with van der Waals surface area (Å²) in [6.07, 6.45) is 4.42. The standard InChI is InChI=1S/C14H24N2O4/c17-11(13(19)15-9-5-1-2-6-9)12(18)14(20)16-10-7-3-4-8-10/h9-12,17-18H,1-8H2,(H,15,19)(H,16,20). The van der Waals surface area contributed by atoms with Crippen LogP contribution in [0.25, 0.3) is 0 Å². The van der Waals surface area contributed by atoms with E-state index in [1.807, 2.05) is 0 Å². The number of carbonyl (C=O) groups excluding carboxylic acids is 2. The topological polar surface area (TPSA) is 98.7 Å². The minimum atomic E-state index is -1.70. The number of aliphatic hydroxyl groups excluding tert-OH is 2. The first-order valence-corrected chi connectivity index (χ1v) is 7.55. The zero-order valence-electron chi connectivity index (χ0n) is 11.7. The van der Waals surface area contributed by atoms with E-state index in [0.717, 1.165) is 51.4 Å². The lowest BCUT2D eigenvalue weighted by molar-refractivity contribution is -0.146. The van der Waals surface area contributed by atoms with Gasteiger partial charge < -0.3 is 20.8 Å². The van der Waals surface area contributed by atoms with Gasteiger partial charge in [-0.1, -0.05) is 25.7 Å². The van der Waals surface area contributed by atoms with Crippen LogP contribution in [0.15, 0.2) is 0 Å². The van der Waals surface area contributed by atoms with Gasteiger partial charge in [0.2, 0.25) is 0 Å². The van der Waals surface area contributed by atoms with Crippen molar-refractivity contribution in [2.24, 2.45) is 0 Å². The van der Waals surface area contributed by atoms with Gasteiger partial charge in [0.15, 0.2) is 12.2 Å². The minimum absolute atomic E-state index is 0.0576. The maximum Gasteiger partial charge on any atom is 0.252 e. The molecule has 2 aliphatic rings. The van der Waals surface area contributed by atoms with Crippen molar-refractivity contribution in [3.8, 4) is 0 Å². The van der Waals surface area contributed by atoms with Crippen LogP contribution in [-0.4, -0.2) is 46.3 Å². The van der Waals surface area contributed by atoms with Crippen LogP contribution >= 0.6 is 0 Å². The highest BCUT2D eigenvalue weighted by molar-refractivity contribution is 5.90. The van der Waals surface area contributed by atoms with Crippen molar-refractivity contribution >= 4 is 11.8 Å². The number of carbonyl (C=O) groups is 2. The molecule has 2 rings (SSSR count). The lowest BCUT2D eigenvalue weighted by atomic mass is 10.1. The number of aliphatic hydroxyl groups is 2. The van der Waals surface area contributed by atoms with Gasteiger partial charge in [0, 0.05) is 12.1 Å². The number of amides is 2. The maximum atomic E-state index is 11.8. The highest BCUT2D eigenvalue weighted by Crippen LogP contribution is 2.19. The Labute approximate surface area is 118 Å². The molecule has 0 aromatic carbocycles. The predicted molar refractivity (Wildman–Crippen MR) is 72.8 cm³/mol. The lowest BCUT2D eigenvalue weighted by Crippen LogP contribution is -2.52. The molecule has 20 heavy (non-hydrogen) atoms. The first-order valence-electron chi connectivity index (χ1n) is 7.55. The Morgan fingerprint density at radius 1 is 0.750 bits per heavy atom. The molecule has 2 amide bonds. The minimum Gasteiger partial charge on any atom is -0.380 e. The van der Waals surface area contributed by atoms with E-state index in [2.05, 4.69) is 10.6 Å². The number of nitrogens with one attached hydrogen (secondary N) is 2. The molecule has 2 fully saturated rings. The van der Waals surface area contributed by atoms with E-state index in [0.29, 0.717) is 0 Å². The number of rotatable bonds is 5. The smallest absolute Gasteiger partial charge is 0.252 e. The van der Waals surface area contributed by atoms with E-state index in [4.69, 9.17) is 0 Å². The summed E-state index contributed by atoms with van der Waals surface area (Å²) < 4.78 is 0. The summed E-state index contributed by atoms with van der Waals surface area (Å²) in [5, 5.41) is 24.9.